The van der Waals surface area contributed by atoms with E-state index in [0.29, 0.717) is 0 Å². The van der Waals surface area contributed by atoms with E-state index in [0.717, 1.165) is 23.5 Å². The van der Waals surface area contributed by atoms with Gasteiger partial charge in [-0.3, -0.25) is 9.88 Å². The van der Waals surface area contributed by atoms with Gasteiger partial charge in [-0.1, -0.05) is 6.92 Å². The summed E-state index contributed by atoms with van der Waals surface area (Å²) in [6.07, 6.45) is 4.72. The Kier molecular flexibility index (Phi) is 3.76. The first-order valence-electron chi connectivity index (χ1n) is 5.60. The Hall–Kier alpha value is -0.410. The van der Waals surface area contributed by atoms with Crippen molar-refractivity contribution in [3.05, 3.63) is 28.5 Å². The normalized spacial score (nSPS) is 15.9. The lowest BCUT2D eigenvalue weighted by atomic mass is 10.3. The van der Waals surface area contributed by atoms with Crippen molar-refractivity contribution in [2.24, 2.45) is 5.92 Å². The fraction of sp³-hybridized carbons (Fsp3) is 0.583. The fourth-order valence-electron chi connectivity index (χ4n) is 1.70. The molecule has 3 heteroatoms. The van der Waals surface area contributed by atoms with Gasteiger partial charge in [0.2, 0.25) is 0 Å². The third-order valence-corrected chi connectivity index (χ3v) is 3.30. The predicted octanol–water partition coefficient (Wildman–Crippen LogP) is 3.08. The SMILES string of the molecule is CCN(Cc1ccc(Br)cn1)CC1CC1. The van der Waals surface area contributed by atoms with Gasteiger partial charge in [0.25, 0.3) is 0 Å². The van der Waals surface area contributed by atoms with E-state index in [1.54, 1.807) is 0 Å². The average Bonchev–Trinajstić information content (AvgIpc) is 3.04. The second-order valence-corrected chi connectivity index (χ2v) is 5.15. The largest absolute Gasteiger partial charge is 0.298 e. The summed E-state index contributed by atoms with van der Waals surface area (Å²) < 4.78 is 1.05. The zero-order chi connectivity index (χ0) is 10.7. The second-order valence-electron chi connectivity index (χ2n) is 4.24. The van der Waals surface area contributed by atoms with E-state index in [-0.39, 0.29) is 0 Å². The molecule has 0 unspecified atom stereocenters. The molecule has 1 aromatic rings. The summed E-state index contributed by atoms with van der Waals surface area (Å²) >= 11 is 3.40. The smallest absolute Gasteiger partial charge is 0.0544 e. The molecule has 0 bridgehead atoms. The van der Waals surface area contributed by atoms with Gasteiger partial charge in [-0.15, -0.1) is 0 Å². The van der Waals surface area contributed by atoms with Crippen LogP contribution in [-0.2, 0) is 6.54 Å². The maximum absolute atomic E-state index is 4.41. The van der Waals surface area contributed by atoms with Crippen LogP contribution < -0.4 is 0 Å². The number of aromatic nitrogens is 1. The number of hydrogen-bond acceptors (Lipinski definition) is 2. The van der Waals surface area contributed by atoms with E-state index in [4.69, 9.17) is 0 Å². The van der Waals surface area contributed by atoms with Crippen LogP contribution in [0.4, 0.5) is 0 Å². The third-order valence-electron chi connectivity index (χ3n) is 2.83. The Bertz CT molecular complexity index is 306. The molecular weight excluding hydrogens is 252 g/mol. The molecular formula is C12H17BrN2. The van der Waals surface area contributed by atoms with Crippen LogP contribution in [0.3, 0.4) is 0 Å². The molecule has 1 fully saturated rings. The second kappa shape index (κ2) is 5.08. The van der Waals surface area contributed by atoms with Crippen molar-refractivity contribution < 1.29 is 0 Å². The molecule has 0 spiro atoms. The lowest BCUT2D eigenvalue weighted by Crippen LogP contribution is -2.25. The molecule has 1 aliphatic rings. The van der Waals surface area contributed by atoms with Gasteiger partial charge in [0.05, 0.1) is 5.69 Å². The van der Waals surface area contributed by atoms with Crippen molar-refractivity contribution in [2.45, 2.75) is 26.3 Å². The van der Waals surface area contributed by atoms with Gasteiger partial charge in [-0.2, -0.15) is 0 Å². The summed E-state index contributed by atoms with van der Waals surface area (Å²) in [4.78, 5) is 6.89. The van der Waals surface area contributed by atoms with E-state index in [1.807, 2.05) is 6.20 Å². The van der Waals surface area contributed by atoms with Crippen LogP contribution in [0.2, 0.25) is 0 Å². The van der Waals surface area contributed by atoms with Gasteiger partial charge >= 0.3 is 0 Å². The zero-order valence-corrected chi connectivity index (χ0v) is 10.7. The van der Waals surface area contributed by atoms with Gasteiger partial charge < -0.3 is 0 Å². The monoisotopic (exact) mass is 268 g/mol. The molecule has 2 nitrogen and oxygen atoms in total. The fourth-order valence-corrected chi connectivity index (χ4v) is 1.93. The highest BCUT2D eigenvalue weighted by atomic mass is 79.9. The topological polar surface area (TPSA) is 16.1 Å². The maximum Gasteiger partial charge on any atom is 0.0544 e. The van der Waals surface area contributed by atoms with Gasteiger partial charge in [0.15, 0.2) is 0 Å². The standard InChI is InChI=1S/C12H17BrN2/c1-2-15(8-10-3-4-10)9-12-6-5-11(13)7-14-12/h5-7,10H,2-4,8-9H2,1H3. The van der Waals surface area contributed by atoms with Crippen LogP contribution in [0.5, 0.6) is 0 Å². The number of pyridine rings is 1. The minimum absolute atomic E-state index is 0.959. The molecule has 0 amide bonds. The Labute approximate surface area is 99.8 Å². The van der Waals surface area contributed by atoms with Crippen molar-refractivity contribution >= 4 is 15.9 Å². The number of halogens is 1. The first kappa shape index (κ1) is 11.1. The van der Waals surface area contributed by atoms with Crippen LogP contribution in [0, 0.1) is 5.92 Å². The zero-order valence-electron chi connectivity index (χ0n) is 9.12. The van der Waals surface area contributed by atoms with E-state index in [1.165, 1.54) is 25.1 Å². The number of rotatable bonds is 5. The van der Waals surface area contributed by atoms with Crippen LogP contribution in [-0.4, -0.2) is 23.0 Å². The molecule has 82 valence electrons. The molecule has 1 heterocycles. The minimum atomic E-state index is 0.959. The van der Waals surface area contributed by atoms with E-state index in [9.17, 15) is 0 Å². The molecule has 15 heavy (non-hydrogen) atoms. The minimum Gasteiger partial charge on any atom is -0.298 e. The van der Waals surface area contributed by atoms with Crippen LogP contribution >= 0.6 is 15.9 Å². The molecule has 0 radical (unpaired) electrons. The first-order valence-corrected chi connectivity index (χ1v) is 6.40. The van der Waals surface area contributed by atoms with Crippen molar-refractivity contribution in [3.63, 3.8) is 0 Å². The van der Waals surface area contributed by atoms with Crippen molar-refractivity contribution in [1.82, 2.24) is 9.88 Å². The van der Waals surface area contributed by atoms with Crippen LogP contribution in [0.15, 0.2) is 22.8 Å². The summed E-state index contributed by atoms with van der Waals surface area (Å²) in [7, 11) is 0. The summed E-state index contributed by atoms with van der Waals surface area (Å²) in [6.45, 7) is 5.57. The predicted molar refractivity (Wildman–Crippen MR) is 65.6 cm³/mol. The average molecular weight is 269 g/mol. The van der Waals surface area contributed by atoms with Crippen LogP contribution in [0.25, 0.3) is 0 Å². The highest BCUT2D eigenvalue weighted by Crippen LogP contribution is 2.29. The van der Waals surface area contributed by atoms with E-state index in [2.05, 4.69) is 44.9 Å². The Morgan fingerprint density at radius 1 is 1.47 bits per heavy atom. The van der Waals surface area contributed by atoms with Gasteiger partial charge in [0.1, 0.15) is 0 Å². The van der Waals surface area contributed by atoms with Gasteiger partial charge in [-0.05, 0) is 53.4 Å². The van der Waals surface area contributed by atoms with E-state index >= 15 is 0 Å². The molecule has 1 aliphatic carbocycles. The molecule has 2 rings (SSSR count). The van der Waals surface area contributed by atoms with Crippen LogP contribution in [0.1, 0.15) is 25.5 Å². The quantitative estimate of drug-likeness (QED) is 0.816. The first-order chi connectivity index (χ1) is 7.28. The summed E-state index contributed by atoms with van der Waals surface area (Å²) in [6, 6.07) is 4.16. The number of hydrogen-bond donors (Lipinski definition) is 0. The Morgan fingerprint density at radius 2 is 2.27 bits per heavy atom. The number of nitrogens with zero attached hydrogens (tertiary/aromatic N) is 2. The molecule has 0 atom stereocenters. The molecule has 0 N–H and O–H groups in total. The summed E-state index contributed by atoms with van der Waals surface area (Å²) in [5.74, 6) is 0.959. The highest BCUT2D eigenvalue weighted by molar-refractivity contribution is 9.10. The van der Waals surface area contributed by atoms with Crippen molar-refractivity contribution in [3.8, 4) is 0 Å². The Balaban J connectivity index is 1.89. The molecule has 1 saturated carbocycles. The van der Waals surface area contributed by atoms with E-state index < -0.39 is 0 Å². The highest BCUT2D eigenvalue weighted by Gasteiger charge is 2.23. The van der Waals surface area contributed by atoms with Crippen molar-refractivity contribution in [2.75, 3.05) is 13.1 Å². The lowest BCUT2D eigenvalue weighted by Gasteiger charge is -2.19. The molecule has 1 aromatic heterocycles. The van der Waals surface area contributed by atoms with Crippen molar-refractivity contribution in [1.29, 1.82) is 0 Å². The molecule has 0 aromatic carbocycles. The third kappa shape index (κ3) is 3.58. The summed E-state index contributed by atoms with van der Waals surface area (Å²) in [5.41, 5.74) is 1.17. The summed E-state index contributed by atoms with van der Waals surface area (Å²) in [5, 5.41) is 0. The lowest BCUT2D eigenvalue weighted by molar-refractivity contribution is 0.265. The van der Waals surface area contributed by atoms with Gasteiger partial charge in [0, 0.05) is 23.8 Å². The van der Waals surface area contributed by atoms with Gasteiger partial charge in [-0.25, -0.2) is 0 Å². The molecule has 0 saturated heterocycles. The Morgan fingerprint density at radius 3 is 2.80 bits per heavy atom. The maximum atomic E-state index is 4.41. The molecule has 0 aliphatic heterocycles.